The molecule has 12 rings (SSSR count). The van der Waals surface area contributed by atoms with Gasteiger partial charge in [-0.1, -0.05) is 136 Å². The van der Waals surface area contributed by atoms with Crippen molar-refractivity contribution in [2.24, 2.45) is 50.7 Å². The van der Waals surface area contributed by atoms with Crippen LogP contribution in [-0.2, 0) is 91.2 Å². The highest BCUT2D eigenvalue weighted by molar-refractivity contribution is 5.97. The van der Waals surface area contributed by atoms with Crippen molar-refractivity contribution in [3.63, 3.8) is 0 Å². The maximum absolute atomic E-state index is 14.4. The number of fused-ring (bicyclic) bond motifs is 3. The van der Waals surface area contributed by atoms with Gasteiger partial charge in [0.15, 0.2) is 23.5 Å². The lowest BCUT2D eigenvalue weighted by Gasteiger charge is -2.36. The lowest BCUT2D eigenvalue weighted by molar-refractivity contribution is -0.659. The number of ether oxygens (including phenoxy) is 9. The van der Waals surface area contributed by atoms with E-state index in [2.05, 4.69) is 46.9 Å². The Kier molecular flexibility index (Phi) is 34.2. The van der Waals surface area contributed by atoms with Gasteiger partial charge in [0.25, 0.3) is 18.0 Å². The number of imidazole rings is 3. The standard InChI is InChI=1S/C35H50N4O7.C29H39N3O6.C24H31N3O4.C12H22O4/c1-10-17-38-25-16-14-13-15-24(25)36-31(38)45-23-18-26(27(40)20-35(19-22(35)11-2)30(42)44-12-3)39(21-23)29(41)28(33(4,5)6)37-32(43)46-34(7,8)9;1-7-14-31-22-13-11-10-12-21(22)30-26(31)37-20-15-23(32(18-20)27(35)38-28(4,5)6)24(33)17-29(16-19(29)8-2)25(34)36-9-3;1-4-11-27-20-10-8-7-9-18(20)26-23(27)31-17-12-19(25-15-17)21(28)14-24(13-16(24)5-2)22(29)30-6-3;1-11(2,3)8(10(14)15)7-9(13)16-12(4,5)6/h10,13-16,22-23,26,28H,1,11-12,17-21H2,2-9H3,(H,37,43);7,10-13,19-20,23H,1,8-9,14-18H2,2-6H3;4,7-10,16-17,19,25H,1,5-6,11-15H2,2-3H3;8H,7H2,1-6H3,(H,14,15)/p+1/t22-,23-,26+,28-,35-;19-,20-,23+,29-;16-,17-,19+,24-;8-/m1111/s1. The van der Waals surface area contributed by atoms with E-state index in [1.54, 1.807) is 109 Å². The van der Waals surface area contributed by atoms with E-state index in [0.29, 0.717) is 70.1 Å². The van der Waals surface area contributed by atoms with Crippen LogP contribution in [0.25, 0.3) is 33.1 Å². The third-order valence-corrected chi connectivity index (χ3v) is 25.0. The highest BCUT2D eigenvalue weighted by Gasteiger charge is 2.65. The summed E-state index contributed by atoms with van der Waals surface area (Å²) in [5, 5.41) is 13.8. The number of benzene rings is 3. The number of esters is 4. The summed E-state index contributed by atoms with van der Waals surface area (Å²) in [7, 11) is 0. The van der Waals surface area contributed by atoms with Gasteiger partial charge in [-0.3, -0.25) is 61.8 Å². The molecular formula is C100H143N10O21+. The molecule has 3 aliphatic heterocycles. The number of carboxylic acid groups (broad SMARTS) is 1. The summed E-state index contributed by atoms with van der Waals surface area (Å²) < 4.78 is 57.1. The average molecular weight is 1820 g/mol. The SMILES string of the molecule is C=CCn1c(O[C@@H]2C[C@@H](C(=O)C[C@]3(C(=O)OCC)C[C@H]3CC)N(C(=O)OC(C)(C)C)C2)nc2ccccc21.C=CCn1c(O[C@@H]2C[C@@H](C(=O)C[C@]3(C(=O)OCC)C[C@H]3CC)N(C(=O)[C@@H](NC(=O)OC(C)(C)C)C(C)(C)C)C2)nc2ccccc21.C=CCn1c(O[C@H]2C[NH2+][C@H](C(=O)C[C@]3(C(=O)OCC)C[C@H]3CC)C2)nc2ccccc21.CC(C)(C)OC(=O)C[C@H](C(=O)O)C(C)(C)C. The van der Waals surface area contributed by atoms with E-state index in [9.17, 15) is 52.7 Å². The average Bonchev–Trinajstić information content (AvgIpc) is 1.58. The number of nitrogens with one attached hydrogen (secondary N) is 1. The van der Waals surface area contributed by atoms with E-state index in [1.807, 2.05) is 139 Å². The van der Waals surface area contributed by atoms with Gasteiger partial charge in [0.1, 0.15) is 47.6 Å². The smallest absolute Gasteiger partial charge is 0.411 e. The highest BCUT2D eigenvalue weighted by atomic mass is 16.6. The topological polar surface area (TPSA) is 380 Å². The van der Waals surface area contributed by atoms with Crippen molar-refractivity contribution in [3.8, 4) is 18.0 Å². The van der Waals surface area contributed by atoms with Gasteiger partial charge < -0.3 is 63.3 Å². The van der Waals surface area contributed by atoms with Gasteiger partial charge in [0.05, 0.1) is 107 Å². The second-order valence-electron chi connectivity index (χ2n) is 40.5. The van der Waals surface area contributed by atoms with Crippen molar-refractivity contribution in [2.45, 2.75) is 308 Å². The Morgan fingerprint density at radius 2 is 0.840 bits per heavy atom. The van der Waals surface area contributed by atoms with Gasteiger partial charge in [-0.25, -0.2) is 9.59 Å². The van der Waals surface area contributed by atoms with Gasteiger partial charge in [0, 0.05) is 58.2 Å². The van der Waals surface area contributed by atoms with Crippen LogP contribution >= 0.6 is 0 Å². The van der Waals surface area contributed by atoms with E-state index >= 15 is 0 Å². The zero-order valence-electron chi connectivity index (χ0n) is 81.0. The van der Waals surface area contributed by atoms with E-state index in [1.165, 1.54) is 9.80 Å². The van der Waals surface area contributed by atoms with Crippen LogP contribution in [0.1, 0.15) is 229 Å². The first-order valence-corrected chi connectivity index (χ1v) is 46.4. The van der Waals surface area contributed by atoms with Crippen LogP contribution in [0.15, 0.2) is 111 Å². The molecule has 3 aromatic heterocycles. The predicted molar refractivity (Wildman–Crippen MR) is 495 cm³/mol. The van der Waals surface area contributed by atoms with E-state index in [-0.39, 0.29) is 130 Å². The summed E-state index contributed by atoms with van der Waals surface area (Å²) in [6.07, 6.45) is 8.58. The number of carboxylic acids is 1. The van der Waals surface area contributed by atoms with Crippen LogP contribution in [0.3, 0.4) is 0 Å². The summed E-state index contributed by atoms with van der Waals surface area (Å²) in [4.78, 5) is 159. The number of carbonyl (C=O) groups excluding carboxylic acids is 10. The molecule has 0 spiro atoms. The number of hydrogen-bond donors (Lipinski definition) is 3. The molecular weight excluding hydrogens is 1680 g/mol. The minimum atomic E-state index is -0.995. The first kappa shape index (κ1) is 104. The molecule has 6 heterocycles. The number of allylic oxidation sites excluding steroid dienone is 3. The Labute approximate surface area is 770 Å². The van der Waals surface area contributed by atoms with Crippen molar-refractivity contribution in [1.29, 1.82) is 0 Å². The Bertz CT molecular complexity index is 5110. The number of rotatable bonds is 35. The molecule has 3 amide bonds. The zero-order valence-corrected chi connectivity index (χ0v) is 81.0. The number of para-hydroxylation sites is 6. The second kappa shape index (κ2) is 43.1. The molecule has 31 nitrogen and oxygen atoms in total. The molecule has 0 unspecified atom stereocenters. The number of nitrogens with two attached hydrogens (primary N) is 1. The molecule has 6 fully saturated rings. The minimum absolute atomic E-state index is 0.0276. The number of nitrogens with zero attached hydrogens (tertiary/aromatic N) is 8. The van der Waals surface area contributed by atoms with Gasteiger partial charge in [-0.05, 0) is 167 Å². The van der Waals surface area contributed by atoms with Crippen molar-refractivity contribution in [1.82, 2.24) is 43.8 Å². The Morgan fingerprint density at radius 3 is 1.18 bits per heavy atom. The summed E-state index contributed by atoms with van der Waals surface area (Å²) in [6, 6.07) is 21.8. The zero-order chi connectivity index (χ0) is 96.8. The maximum atomic E-state index is 14.4. The quantitative estimate of drug-likeness (QED) is 0.0189. The summed E-state index contributed by atoms with van der Waals surface area (Å²) >= 11 is 0. The molecule has 3 saturated heterocycles. The van der Waals surface area contributed by atoms with Crippen molar-refractivity contribution in [3.05, 3.63) is 111 Å². The lowest BCUT2D eigenvalue weighted by atomic mass is 9.79. The molecule has 6 aromatic rings. The van der Waals surface area contributed by atoms with E-state index in [0.717, 1.165) is 58.8 Å². The normalized spacial score (nSPS) is 23.6. The molecule has 14 atom stereocenters. The number of carbonyl (C=O) groups is 11. The fourth-order valence-corrected chi connectivity index (χ4v) is 18.1. The minimum Gasteiger partial charge on any atom is -0.481 e. The number of ketones is 3. The predicted octanol–water partition coefficient (Wildman–Crippen LogP) is 15.1. The Hall–Kier alpha value is -11.0. The van der Waals surface area contributed by atoms with Gasteiger partial charge in [-0.2, -0.15) is 15.0 Å². The molecule has 4 N–H and O–H groups in total. The summed E-state index contributed by atoms with van der Waals surface area (Å²) in [5.41, 5.74) is -0.318. The number of alkyl carbamates (subject to hydrolysis) is 1. The second-order valence-corrected chi connectivity index (χ2v) is 40.5. The molecule has 718 valence electrons. The Morgan fingerprint density at radius 1 is 0.481 bits per heavy atom. The molecule has 3 aromatic carbocycles. The summed E-state index contributed by atoms with van der Waals surface area (Å²) in [5.74, 6) is -3.35. The molecule has 131 heavy (non-hydrogen) atoms. The van der Waals surface area contributed by atoms with Crippen LogP contribution in [0.5, 0.6) is 18.0 Å². The van der Waals surface area contributed by atoms with Crippen LogP contribution in [-0.4, -0.2) is 208 Å². The van der Waals surface area contributed by atoms with Crippen LogP contribution in [0.2, 0.25) is 0 Å². The van der Waals surface area contributed by atoms with E-state index in [4.69, 9.17) is 47.7 Å². The third-order valence-electron chi connectivity index (χ3n) is 25.0. The van der Waals surface area contributed by atoms with Crippen molar-refractivity contribution in [2.75, 3.05) is 39.5 Å². The van der Waals surface area contributed by atoms with Gasteiger partial charge in [0.2, 0.25) is 5.91 Å². The number of amides is 3. The third kappa shape index (κ3) is 26.1. The van der Waals surface area contributed by atoms with E-state index < -0.39 is 110 Å². The number of aliphatic carboxylic acids is 1. The van der Waals surface area contributed by atoms with Crippen LogP contribution in [0.4, 0.5) is 9.59 Å². The number of aromatic nitrogens is 6. The van der Waals surface area contributed by atoms with Crippen LogP contribution < -0.4 is 24.8 Å². The van der Waals surface area contributed by atoms with Crippen molar-refractivity contribution >= 4 is 98.4 Å². The lowest BCUT2D eigenvalue weighted by Crippen LogP contribution is -2.89. The maximum Gasteiger partial charge on any atom is 0.411 e. The van der Waals surface area contributed by atoms with Gasteiger partial charge in [-0.15, -0.1) is 19.7 Å². The van der Waals surface area contributed by atoms with Crippen LogP contribution in [0, 0.1) is 50.7 Å². The molecule has 3 saturated carbocycles. The number of hydrogen-bond acceptors (Lipinski definition) is 23. The van der Waals surface area contributed by atoms with Crippen molar-refractivity contribution < 1.29 is 106 Å². The first-order chi connectivity index (χ1) is 61.5. The molecule has 0 bridgehead atoms. The largest absolute Gasteiger partial charge is 0.481 e. The first-order valence-electron chi connectivity index (χ1n) is 46.4. The highest BCUT2D eigenvalue weighted by Crippen LogP contribution is 2.61. The number of likely N-dealkylation sites (tertiary alicyclic amines) is 2. The number of Topliss-reactive ketones (excluding diaryl/α,β-unsaturated/α-hetero) is 3. The molecule has 0 radical (unpaired) electrons. The van der Waals surface area contributed by atoms with Gasteiger partial charge >= 0.3 is 42.0 Å². The summed E-state index contributed by atoms with van der Waals surface area (Å²) in [6.45, 7) is 53.1. The molecule has 6 aliphatic rings. The fraction of sp³-hybridized carbons (Fsp3) is 0.620. The molecule has 31 heteroatoms. The Balaban J connectivity index is 0.000000207. The number of quaternary nitrogens is 1. The molecule has 3 aliphatic carbocycles. The monoisotopic (exact) mass is 1820 g/mol. The fourth-order valence-electron chi connectivity index (χ4n) is 18.1.